The molecule has 1 aliphatic rings. The number of hydrogen-bond acceptors (Lipinski definition) is 3. The highest BCUT2D eigenvalue weighted by Gasteiger charge is 2.27. The molecule has 0 aliphatic heterocycles. The fourth-order valence-corrected chi connectivity index (χ4v) is 2.73. The molecule has 2 unspecified atom stereocenters. The van der Waals surface area contributed by atoms with Gasteiger partial charge in [-0.05, 0) is 38.2 Å². The van der Waals surface area contributed by atoms with Crippen molar-refractivity contribution in [2.45, 2.75) is 51.5 Å². The van der Waals surface area contributed by atoms with Gasteiger partial charge >= 0.3 is 0 Å². The largest absolute Gasteiger partial charge is 0.356 e. The lowest BCUT2D eigenvalue weighted by molar-refractivity contribution is -0.126. The number of rotatable bonds is 5. The van der Waals surface area contributed by atoms with E-state index in [2.05, 4.69) is 15.5 Å². The fraction of sp³-hybridized carbons (Fsp3) is 0.714. The maximum Gasteiger partial charge on any atom is 0.224 e. The predicted octanol–water partition coefficient (Wildman–Crippen LogP) is 1.28. The third-order valence-electron chi connectivity index (χ3n) is 4.01. The van der Waals surface area contributed by atoms with Crippen molar-refractivity contribution in [2.24, 2.45) is 11.7 Å². The van der Waals surface area contributed by atoms with Gasteiger partial charge < -0.3 is 11.1 Å². The van der Waals surface area contributed by atoms with Gasteiger partial charge in [-0.3, -0.25) is 9.89 Å². The lowest BCUT2D eigenvalue weighted by atomic mass is 9.84. The Morgan fingerprint density at radius 1 is 1.53 bits per heavy atom. The van der Waals surface area contributed by atoms with Gasteiger partial charge in [-0.25, -0.2) is 0 Å². The van der Waals surface area contributed by atoms with Gasteiger partial charge in [-0.15, -0.1) is 0 Å². The van der Waals surface area contributed by atoms with Crippen LogP contribution in [0.1, 0.15) is 43.4 Å². The predicted molar refractivity (Wildman–Crippen MR) is 74.6 cm³/mol. The maximum atomic E-state index is 12.0. The van der Waals surface area contributed by atoms with Crippen LogP contribution in [0.4, 0.5) is 0 Å². The standard InChI is InChI=1S/C14H24N4O/c1-10-11(9-17-18-10)5-4-8-16-14(19)12-6-2-3-7-13(12)15/h9,12-13H,2-8,15H2,1H3,(H,16,19)(H,17,18). The summed E-state index contributed by atoms with van der Waals surface area (Å²) in [4.78, 5) is 12.0. The molecule has 1 fully saturated rings. The monoisotopic (exact) mass is 264 g/mol. The minimum absolute atomic E-state index is 0.0180. The third kappa shape index (κ3) is 3.80. The molecule has 0 spiro atoms. The quantitative estimate of drug-likeness (QED) is 0.701. The first-order chi connectivity index (χ1) is 9.18. The van der Waals surface area contributed by atoms with E-state index in [1.807, 2.05) is 13.1 Å². The molecule has 0 bridgehead atoms. The molecule has 1 aromatic rings. The molecule has 1 aliphatic carbocycles. The Bertz CT molecular complexity index is 415. The van der Waals surface area contributed by atoms with E-state index in [-0.39, 0.29) is 17.9 Å². The molecule has 1 aromatic heterocycles. The van der Waals surface area contributed by atoms with Crippen molar-refractivity contribution < 1.29 is 4.79 Å². The van der Waals surface area contributed by atoms with Crippen LogP contribution < -0.4 is 11.1 Å². The Balaban J connectivity index is 1.68. The molecule has 2 rings (SSSR count). The Labute approximate surface area is 114 Å². The Morgan fingerprint density at radius 3 is 3.00 bits per heavy atom. The zero-order valence-electron chi connectivity index (χ0n) is 11.6. The number of nitrogens with zero attached hydrogens (tertiary/aromatic N) is 1. The lowest BCUT2D eigenvalue weighted by Crippen LogP contribution is -2.43. The van der Waals surface area contributed by atoms with Crippen molar-refractivity contribution >= 4 is 5.91 Å². The van der Waals surface area contributed by atoms with Crippen LogP contribution in [0.5, 0.6) is 0 Å². The molecule has 2 atom stereocenters. The van der Waals surface area contributed by atoms with E-state index in [9.17, 15) is 4.79 Å². The van der Waals surface area contributed by atoms with Gasteiger partial charge in [0.25, 0.3) is 0 Å². The van der Waals surface area contributed by atoms with Gasteiger partial charge in [0.05, 0.1) is 12.1 Å². The van der Waals surface area contributed by atoms with Crippen LogP contribution in [-0.2, 0) is 11.2 Å². The van der Waals surface area contributed by atoms with Gasteiger partial charge in [0.15, 0.2) is 0 Å². The number of carbonyl (C=O) groups is 1. The van der Waals surface area contributed by atoms with Gasteiger partial charge in [0, 0.05) is 18.3 Å². The van der Waals surface area contributed by atoms with E-state index in [1.54, 1.807) is 0 Å². The molecule has 0 aromatic carbocycles. The zero-order chi connectivity index (χ0) is 13.7. The van der Waals surface area contributed by atoms with Crippen molar-refractivity contribution in [1.29, 1.82) is 0 Å². The van der Waals surface area contributed by atoms with Crippen LogP contribution >= 0.6 is 0 Å². The first-order valence-corrected chi connectivity index (χ1v) is 7.20. The van der Waals surface area contributed by atoms with E-state index in [4.69, 9.17) is 5.73 Å². The normalized spacial score (nSPS) is 23.3. The summed E-state index contributed by atoms with van der Waals surface area (Å²) in [6, 6.07) is 0.0462. The van der Waals surface area contributed by atoms with Crippen LogP contribution in [-0.4, -0.2) is 28.7 Å². The molecule has 1 saturated carbocycles. The summed E-state index contributed by atoms with van der Waals surface area (Å²) >= 11 is 0. The number of amides is 1. The summed E-state index contributed by atoms with van der Waals surface area (Å²) in [5.74, 6) is 0.153. The second-order valence-corrected chi connectivity index (χ2v) is 5.47. The molecule has 4 N–H and O–H groups in total. The fourth-order valence-electron chi connectivity index (χ4n) is 2.73. The van der Waals surface area contributed by atoms with Crippen LogP contribution in [0, 0.1) is 12.8 Å². The Hall–Kier alpha value is -1.36. The molecule has 1 heterocycles. The summed E-state index contributed by atoms with van der Waals surface area (Å²) in [6.07, 6.45) is 7.94. The summed E-state index contributed by atoms with van der Waals surface area (Å²) in [7, 11) is 0. The van der Waals surface area contributed by atoms with Crippen molar-refractivity contribution in [2.75, 3.05) is 6.54 Å². The average molecular weight is 264 g/mol. The highest BCUT2D eigenvalue weighted by atomic mass is 16.1. The summed E-state index contributed by atoms with van der Waals surface area (Å²) in [6.45, 7) is 2.73. The van der Waals surface area contributed by atoms with Crippen molar-refractivity contribution in [1.82, 2.24) is 15.5 Å². The minimum atomic E-state index is 0.0180. The van der Waals surface area contributed by atoms with E-state index in [0.717, 1.165) is 44.2 Å². The number of aromatic nitrogens is 2. The van der Waals surface area contributed by atoms with E-state index < -0.39 is 0 Å². The van der Waals surface area contributed by atoms with Crippen LogP contribution in [0.25, 0.3) is 0 Å². The van der Waals surface area contributed by atoms with Crippen molar-refractivity contribution in [3.8, 4) is 0 Å². The van der Waals surface area contributed by atoms with Crippen LogP contribution in [0.2, 0.25) is 0 Å². The van der Waals surface area contributed by atoms with Crippen LogP contribution in [0.15, 0.2) is 6.20 Å². The molecule has 0 saturated heterocycles. The molecule has 19 heavy (non-hydrogen) atoms. The van der Waals surface area contributed by atoms with E-state index in [1.165, 1.54) is 5.56 Å². The van der Waals surface area contributed by atoms with Crippen molar-refractivity contribution in [3.63, 3.8) is 0 Å². The number of nitrogens with two attached hydrogens (primary N) is 1. The topological polar surface area (TPSA) is 83.8 Å². The third-order valence-corrected chi connectivity index (χ3v) is 4.01. The van der Waals surface area contributed by atoms with Crippen molar-refractivity contribution in [3.05, 3.63) is 17.5 Å². The van der Waals surface area contributed by atoms with E-state index in [0.29, 0.717) is 6.54 Å². The second kappa shape index (κ2) is 6.70. The SMILES string of the molecule is Cc1[nH]ncc1CCCNC(=O)C1CCCCC1N. The smallest absolute Gasteiger partial charge is 0.224 e. The van der Waals surface area contributed by atoms with E-state index >= 15 is 0 Å². The molecule has 5 heteroatoms. The zero-order valence-corrected chi connectivity index (χ0v) is 11.6. The number of H-pyrrole nitrogens is 1. The molecule has 5 nitrogen and oxygen atoms in total. The first-order valence-electron chi connectivity index (χ1n) is 7.20. The maximum absolute atomic E-state index is 12.0. The number of aromatic amines is 1. The highest BCUT2D eigenvalue weighted by Crippen LogP contribution is 2.22. The minimum Gasteiger partial charge on any atom is -0.356 e. The molecule has 106 valence electrons. The second-order valence-electron chi connectivity index (χ2n) is 5.47. The molecular formula is C14H24N4O. The number of aryl methyl sites for hydroxylation is 2. The van der Waals surface area contributed by atoms with Gasteiger partial charge in [0.1, 0.15) is 0 Å². The molecular weight excluding hydrogens is 240 g/mol. The average Bonchev–Trinajstić information content (AvgIpc) is 2.80. The van der Waals surface area contributed by atoms with Gasteiger partial charge in [-0.2, -0.15) is 5.10 Å². The Kier molecular flexibility index (Phi) is 4.96. The number of carbonyl (C=O) groups excluding carboxylic acids is 1. The Morgan fingerprint density at radius 2 is 2.32 bits per heavy atom. The number of nitrogens with one attached hydrogen (secondary N) is 2. The van der Waals surface area contributed by atoms with Crippen LogP contribution in [0.3, 0.4) is 0 Å². The lowest BCUT2D eigenvalue weighted by Gasteiger charge is -2.27. The summed E-state index contributed by atoms with van der Waals surface area (Å²) < 4.78 is 0. The molecule has 0 radical (unpaired) electrons. The highest BCUT2D eigenvalue weighted by molar-refractivity contribution is 5.79. The number of hydrogen-bond donors (Lipinski definition) is 3. The first kappa shape index (κ1) is 14.1. The van der Waals surface area contributed by atoms with Gasteiger partial charge in [0.2, 0.25) is 5.91 Å². The molecule has 1 amide bonds. The summed E-state index contributed by atoms with van der Waals surface area (Å²) in [5.41, 5.74) is 8.35. The van der Waals surface area contributed by atoms with Gasteiger partial charge in [-0.1, -0.05) is 12.8 Å². The summed E-state index contributed by atoms with van der Waals surface area (Å²) in [5, 5.41) is 9.93.